The van der Waals surface area contributed by atoms with Crippen LogP contribution >= 0.6 is 12.4 Å². The van der Waals surface area contributed by atoms with Gasteiger partial charge in [0.15, 0.2) is 0 Å². The lowest BCUT2D eigenvalue weighted by Crippen LogP contribution is -2.44. The molecule has 20 heavy (non-hydrogen) atoms. The number of anilines is 1. The average molecular weight is 321 g/mol. The molecule has 2 aliphatic heterocycles. The molecule has 1 spiro atoms. The van der Waals surface area contributed by atoms with E-state index in [4.69, 9.17) is 0 Å². The van der Waals surface area contributed by atoms with Gasteiger partial charge in [-0.25, -0.2) is 12.8 Å². The van der Waals surface area contributed by atoms with E-state index in [1.54, 1.807) is 6.07 Å². The van der Waals surface area contributed by atoms with E-state index in [9.17, 15) is 12.8 Å². The lowest BCUT2D eigenvalue weighted by Gasteiger charge is -2.34. The van der Waals surface area contributed by atoms with Crippen LogP contribution in [0.5, 0.6) is 0 Å². The molecule has 0 aliphatic carbocycles. The largest absolute Gasteiger partial charge is 0.317 e. The molecule has 0 amide bonds. The van der Waals surface area contributed by atoms with Gasteiger partial charge in [0, 0.05) is 12.0 Å². The molecule has 1 aromatic rings. The standard InChI is InChI=1S/C13H17FN2O2S.ClH/c1-19(17,18)16-9-13(4-6-15-7-5-13)11-8-10(14)2-3-12(11)16;/h2-3,8,15H,4-7,9H2,1H3;1H. The maximum Gasteiger partial charge on any atom is 0.232 e. The summed E-state index contributed by atoms with van der Waals surface area (Å²) in [4.78, 5) is 0. The molecule has 0 radical (unpaired) electrons. The van der Waals surface area contributed by atoms with E-state index in [1.807, 2.05) is 0 Å². The molecule has 1 fully saturated rings. The van der Waals surface area contributed by atoms with Gasteiger partial charge in [-0.1, -0.05) is 0 Å². The van der Waals surface area contributed by atoms with Gasteiger partial charge in [-0.05, 0) is 49.7 Å². The molecule has 2 aliphatic rings. The van der Waals surface area contributed by atoms with E-state index in [0.29, 0.717) is 12.2 Å². The van der Waals surface area contributed by atoms with Gasteiger partial charge >= 0.3 is 0 Å². The molecule has 1 saturated heterocycles. The van der Waals surface area contributed by atoms with Gasteiger partial charge in [0.1, 0.15) is 5.82 Å². The zero-order valence-electron chi connectivity index (χ0n) is 11.2. The van der Waals surface area contributed by atoms with Crippen LogP contribution in [0.15, 0.2) is 18.2 Å². The number of piperidine rings is 1. The van der Waals surface area contributed by atoms with Crippen LogP contribution in [0.3, 0.4) is 0 Å². The van der Waals surface area contributed by atoms with E-state index in [1.165, 1.54) is 22.7 Å². The van der Waals surface area contributed by atoms with Crippen molar-refractivity contribution in [2.45, 2.75) is 18.3 Å². The van der Waals surface area contributed by atoms with Crippen molar-refractivity contribution >= 4 is 28.1 Å². The SMILES string of the molecule is CS(=O)(=O)N1CC2(CCNCC2)c2cc(F)ccc21.Cl. The summed E-state index contributed by atoms with van der Waals surface area (Å²) in [6, 6.07) is 4.42. The maximum atomic E-state index is 13.5. The van der Waals surface area contributed by atoms with Crippen molar-refractivity contribution in [2.75, 3.05) is 30.2 Å². The first-order chi connectivity index (χ1) is 8.92. The van der Waals surface area contributed by atoms with E-state index < -0.39 is 10.0 Å². The Morgan fingerprint density at radius 2 is 1.95 bits per heavy atom. The number of nitrogens with one attached hydrogen (secondary N) is 1. The van der Waals surface area contributed by atoms with Crippen molar-refractivity contribution in [3.05, 3.63) is 29.6 Å². The maximum absolute atomic E-state index is 13.5. The van der Waals surface area contributed by atoms with E-state index >= 15 is 0 Å². The summed E-state index contributed by atoms with van der Waals surface area (Å²) >= 11 is 0. The third-order valence-electron chi connectivity index (χ3n) is 4.21. The minimum atomic E-state index is -3.31. The summed E-state index contributed by atoms with van der Waals surface area (Å²) in [6.45, 7) is 2.12. The fraction of sp³-hybridized carbons (Fsp3) is 0.538. The predicted octanol–water partition coefficient (Wildman–Crippen LogP) is 1.65. The first kappa shape index (κ1) is 15.5. The Bertz CT molecular complexity index is 615. The Kier molecular flexibility index (Phi) is 4.01. The molecule has 0 saturated carbocycles. The molecule has 0 aromatic heterocycles. The highest BCUT2D eigenvalue weighted by Gasteiger charge is 2.46. The van der Waals surface area contributed by atoms with Crippen LogP contribution in [-0.2, 0) is 15.4 Å². The lowest BCUT2D eigenvalue weighted by atomic mass is 9.75. The fourth-order valence-electron chi connectivity index (χ4n) is 3.22. The normalized spacial score (nSPS) is 20.6. The summed E-state index contributed by atoms with van der Waals surface area (Å²) in [7, 11) is -3.31. The molecule has 0 unspecified atom stereocenters. The summed E-state index contributed by atoms with van der Waals surface area (Å²) in [5.74, 6) is -0.299. The monoisotopic (exact) mass is 320 g/mol. The van der Waals surface area contributed by atoms with Crippen molar-refractivity contribution in [3.8, 4) is 0 Å². The molecule has 112 valence electrons. The third-order valence-corrected chi connectivity index (χ3v) is 5.33. The summed E-state index contributed by atoms with van der Waals surface area (Å²) in [5, 5.41) is 3.27. The van der Waals surface area contributed by atoms with Crippen molar-refractivity contribution in [1.82, 2.24) is 5.32 Å². The highest BCUT2D eigenvalue weighted by Crippen LogP contribution is 2.47. The van der Waals surface area contributed by atoms with Crippen molar-refractivity contribution < 1.29 is 12.8 Å². The first-order valence-corrected chi connectivity index (χ1v) is 8.26. The molecule has 7 heteroatoms. The van der Waals surface area contributed by atoms with Gasteiger partial charge < -0.3 is 5.32 Å². The molecule has 0 bridgehead atoms. The van der Waals surface area contributed by atoms with E-state index in [-0.39, 0.29) is 23.6 Å². The minimum absolute atomic E-state index is 0. The van der Waals surface area contributed by atoms with Crippen molar-refractivity contribution in [2.24, 2.45) is 0 Å². The van der Waals surface area contributed by atoms with Crippen molar-refractivity contribution in [1.29, 1.82) is 0 Å². The molecular formula is C13H18ClFN2O2S. The Morgan fingerprint density at radius 3 is 2.55 bits per heavy atom. The Hall–Kier alpha value is -0.850. The summed E-state index contributed by atoms with van der Waals surface area (Å²) in [5.41, 5.74) is 1.26. The molecule has 2 heterocycles. The van der Waals surface area contributed by atoms with Crippen LogP contribution in [0.4, 0.5) is 10.1 Å². The van der Waals surface area contributed by atoms with Crippen LogP contribution < -0.4 is 9.62 Å². The third kappa shape index (κ3) is 2.40. The second-order valence-electron chi connectivity index (χ2n) is 5.46. The second-order valence-corrected chi connectivity index (χ2v) is 7.37. The highest BCUT2D eigenvalue weighted by molar-refractivity contribution is 7.92. The molecule has 0 atom stereocenters. The lowest BCUT2D eigenvalue weighted by molar-refractivity contribution is 0.329. The summed E-state index contributed by atoms with van der Waals surface area (Å²) in [6.07, 6.45) is 2.89. The quantitative estimate of drug-likeness (QED) is 0.856. The zero-order valence-corrected chi connectivity index (χ0v) is 12.9. The van der Waals surface area contributed by atoms with Gasteiger partial charge in [-0.2, -0.15) is 0 Å². The number of hydrogen-bond acceptors (Lipinski definition) is 3. The topological polar surface area (TPSA) is 49.4 Å². The Balaban J connectivity index is 0.00000147. The summed E-state index contributed by atoms with van der Waals surface area (Å²) < 4.78 is 38.8. The minimum Gasteiger partial charge on any atom is -0.317 e. The van der Waals surface area contributed by atoms with Crippen LogP contribution in [0, 0.1) is 5.82 Å². The molecule has 1 aromatic carbocycles. The highest BCUT2D eigenvalue weighted by atomic mass is 35.5. The second kappa shape index (κ2) is 5.16. The molecular weight excluding hydrogens is 303 g/mol. The van der Waals surface area contributed by atoms with Crippen LogP contribution in [0.25, 0.3) is 0 Å². The number of halogens is 2. The van der Waals surface area contributed by atoms with Gasteiger partial charge in [-0.15, -0.1) is 12.4 Å². The predicted molar refractivity (Wildman–Crippen MR) is 79.6 cm³/mol. The number of nitrogens with zero attached hydrogens (tertiary/aromatic N) is 1. The zero-order chi connectivity index (χ0) is 13.7. The average Bonchev–Trinajstić information content (AvgIpc) is 2.65. The van der Waals surface area contributed by atoms with Gasteiger partial charge in [0.25, 0.3) is 0 Å². The number of sulfonamides is 1. The Morgan fingerprint density at radius 1 is 1.30 bits per heavy atom. The molecule has 3 rings (SSSR count). The molecule has 4 nitrogen and oxygen atoms in total. The van der Waals surface area contributed by atoms with Gasteiger partial charge in [-0.3, -0.25) is 4.31 Å². The van der Waals surface area contributed by atoms with E-state index in [2.05, 4.69) is 5.32 Å². The van der Waals surface area contributed by atoms with Crippen LogP contribution in [-0.4, -0.2) is 34.3 Å². The number of rotatable bonds is 1. The fourth-order valence-corrected chi connectivity index (χ4v) is 4.22. The number of fused-ring (bicyclic) bond motifs is 2. The van der Waals surface area contributed by atoms with Gasteiger partial charge in [0.05, 0.1) is 11.9 Å². The Labute approximate surface area is 124 Å². The number of hydrogen-bond donors (Lipinski definition) is 1. The van der Waals surface area contributed by atoms with Crippen LogP contribution in [0.2, 0.25) is 0 Å². The van der Waals surface area contributed by atoms with Crippen molar-refractivity contribution in [3.63, 3.8) is 0 Å². The van der Waals surface area contributed by atoms with Gasteiger partial charge in [0.2, 0.25) is 10.0 Å². The smallest absolute Gasteiger partial charge is 0.232 e. The first-order valence-electron chi connectivity index (χ1n) is 6.41. The van der Waals surface area contributed by atoms with Crippen LogP contribution in [0.1, 0.15) is 18.4 Å². The van der Waals surface area contributed by atoms with E-state index in [0.717, 1.165) is 31.5 Å². The number of benzene rings is 1. The molecule has 1 N–H and O–H groups in total.